The Hall–Kier alpha value is -1.07. The SMILES string of the molecule is COP(=O)(N=C(N)N(C)CC(=O)O)C1CCC1. The molecule has 98 valence electrons. The molecule has 1 atom stereocenters. The van der Waals surface area contributed by atoms with Gasteiger partial charge in [-0.2, -0.15) is 4.76 Å². The molecule has 0 aromatic rings. The molecule has 1 saturated carbocycles. The highest BCUT2D eigenvalue weighted by Crippen LogP contribution is 2.59. The number of hydrogen-bond acceptors (Lipinski definition) is 3. The van der Waals surface area contributed by atoms with E-state index in [2.05, 4.69) is 4.76 Å². The van der Waals surface area contributed by atoms with Crippen LogP contribution >= 0.6 is 7.52 Å². The zero-order chi connectivity index (χ0) is 13.1. The molecule has 0 spiro atoms. The van der Waals surface area contributed by atoms with Crippen LogP contribution in [-0.2, 0) is 13.9 Å². The Morgan fingerprint density at radius 3 is 2.59 bits per heavy atom. The van der Waals surface area contributed by atoms with Crippen molar-refractivity contribution in [3.8, 4) is 0 Å². The van der Waals surface area contributed by atoms with Gasteiger partial charge in [0.15, 0.2) is 5.96 Å². The van der Waals surface area contributed by atoms with E-state index in [1.54, 1.807) is 0 Å². The summed E-state index contributed by atoms with van der Waals surface area (Å²) < 4.78 is 21.2. The largest absolute Gasteiger partial charge is 0.480 e. The second-order valence-corrected chi connectivity index (χ2v) is 6.46. The van der Waals surface area contributed by atoms with E-state index in [-0.39, 0.29) is 18.2 Å². The van der Waals surface area contributed by atoms with Crippen LogP contribution in [0, 0.1) is 0 Å². The van der Waals surface area contributed by atoms with Crippen molar-refractivity contribution in [2.45, 2.75) is 24.9 Å². The number of guanidine groups is 1. The molecular formula is C9H18N3O4P. The van der Waals surface area contributed by atoms with Crippen molar-refractivity contribution < 1.29 is 19.0 Å². The molecule has 17 heavy (non-hydrogen) atoms. The van der Waals surface area contributed by atoms with Crippen LogP contribution in [0.5, 0.6) is 0 Å². The first-order chi connectivity index (χ1) is 7.89. The van der Waals surface area contributed by atoms with Gasteiger partial charge in [-0.25, -0.2) is 0 Å². The summed E-state index contributed by atoms with van der Waals surface area (Å²) in [5.41, 5.74) is 5.52. The zero-order valence-corrected chi connectivity index (χ0v) is 10.9. The molecule has 0 aromatic carbocycles. The Bertz CT molecular complexity index is 367. The average molecular weight is 263 g/mol. The van der Waals surface area contributed by atoms with E-state index in [0.717, 1.165) is 19.3 Å². The van der Waals surface area contributed by atoms with Crippen molar-refractivity contribution in [3.05, 3.63) is 0 Å². The van der Waals surface area contributed by atoms with Crippen molar-refractivity contribution in [2.75, 3.05) is 20.7 Å². The number of nitrogens with zero attached hydrogens (tertiary/aromatic N) is 2. The molecule has 0 bridgehead atoms. The van der Waals surface area contributed by atoms with Gasteiger partial charge in [0.05, 0.1) is 5.66 Å². The third-order valence-electron chi connectivity index (χ3n) is 2.80. The fourth-order valence-corrected chi connectivity index (χ4v) is 3.49. The lowest BCUT2D eigenvalue weighted by Crippen LogP contribution is -2.38. The number of aliphatic carboxylic acids is 1. The Morgan fingerprint density at radius 1 is 1.65 bits per heavy atom. The van der Waals surface area contributed by atoms with Crippen LogP contribution in [0.4, 0.5) is 0 Å². The first-order valence-corrected chi connectivity index (χ1v) is 6.98. The zero-order valence-electron chi connectivity index (χ0n) is 10.00. The molecule has 0 aromatic heterocycles. The van der Waals surface area contributed by atoms with Gasteiger partial charge in [-0.1, -0.05) is 6.42 Å². The maximum atomic E-state index is 12.3. The van der Waals surface area contributed by atoms with Crippen molar-refractivity contribution in [1.29, 1.82) is 0 Å². The molecule has 0 amide bonds. The van der Waals surface area contributed by atoms with Crippen LogP contribution < -0.4 is 5.73 Å². The quantitative estimate of drug-likeness (QED) is 0.430. The number of rotatable bonds is 5. The molecule has 1 unspecified atom stereocenters. The second kappa shape index (κ2) is 5.51. The van der Waals surface area contributed by atoms with Crippen molar-refractivity contribution in [3.63, 3.8) is 0 Å². The minimum atomic E-state index is -3.13. The van der Waals surface area contributed by atoms with Crippen LogP contribution in [0.25, 0.3) is 0 Å². The molecule has 3 N–H and O–H groups in total. The van der Waals surface area contributed by atoms with Gasteiger partial charge in [0.25, 0.3) is 0 Å². The fourth-order valence-electron chi connectivity index (χ4n) is 1.49. The Morgan fingerprint density at radius 2 is 2.24 bits per heavy atom. The first kappa shape index (κ1) is 14.0. The number of carboxylic acids is 1. The molecule has 0 saturated heterocycles. The number of hydrogen-bond donors (Lipinski definition) is 2. The van der Waals surface area contributed by atoms with E-state index in [1.165, 1.54) is 19.1 Å². The molecule has 7 nitrogen and oxygen atoms in total. The van der Waals surface area contributed by atoms with Crippen LogP contribution in [0.2, 0.25) is 0 Å². The Kier molecular flexibility index (Phi) is 4.54. The summed E-state index contributed by atoms with van der Waals surface area (Å²) in [7, 11) is -0.309. The van der Waals surface area contributed by atoms with E-state index < -0.39 is 13.5 Å². The summed E-state index contributed by atoms with van der Waals surface area (Å²) in [4.78, 5) is 11.7. The van der Waals surface area contributed by atoms with Crippen molar-refractivity contribution >= 4 is 19.4 Å². The highest BCUT2D eigenvalue weighted by atomic mass is 31.2. The molecule has 1 fully saturated rings. The summed E-state index contributed by atoms with van der Waals surface area (Å²) in [6.45, 7) is -0.288. The molecule has 1 aliphatic carbocycles. The van der Waals surface area contributed by atoms with E-state index >= 15 is 0 Å². The predicted octanol–water partition coefficient (Wildman–Crippen LogP) is 0.709. The minimum Gasteiger partial charge on any atom is -0.480 e. The van der Waals surface area contributed by atoms with Gasteiger partial charge in [0.2, 0.25) is 0 Å². The normalized spacial score (nSPS) is 20.5. The smallest absolute Gasteiger partial charge is 0.323 e. The third kappa shape index (κ3) is 3.44. The van der Waals surface area contributed by atoms with Gasteiger partial charge in [0.1, 0.15) is 6.54 Å². The van der Waals surface area contributed by atoms with Gasteiger partial charge < -0.3 is 20.3 Å². The lowest BCUT2D eigenvalue weighted by atomic mass is 10.00. The molecule has 8 heteroatoms. The summed E-state index contributed by atoms with van der Waals surface area (Å²) in [6.07, 6.45) is 2.63. The molecule has 1 aliphatic rings. The highest BCUT2D eigenvalue weighted by molar-refractivity contribution is 7.58. The Labute approximate surface area is 100 Å². The Balaban J connectivity index is 2.76. The molecule has 1 rings (SSSR count). The van der Waals surface area contributed by atoms with Crippen LogP contribution in [0.3, 0.4) is 0 Å². The number of likely N-dealkylation sites (N-methyl/N-ethyl adjacent to an activating group) is 1. The van der Waals surface area contributed by atoms with Crippen LogP contribution in [-0.4, -0.2) is 48.3 Å². The summed E-state index contributed by atoms with van der Waals surface area (Å²) in [5.74, 6) is -1.09. The van der Waals surface area contributed by atoms with E-state index in [4.69, 9.17) is 15.4 Å². The molecule has 0 radical (unpaired) electrons. The number of nitrogens with two attached hydrogens (primary N) is 1. The van der Waals surface area contributed by atoms with Crippen molar-refractivity contribution in [1.82, 2.24) is 4.90 Å². The van der Waals surface area contributed by atoms with Gasteiger partial charge in [-0.05, 0) is 12.8 Å². The lowest BCUT2D eigenvalue weighted by molar-refractivity contribution is -0.137. The third-order valence-corrected chi connectivity index (χ3v) is 5.25. The average Bonchev–Trinajstić information content (AvgIpc) is 2.13. The van der Waals surface area contributed by atoms with Crippen molar-refractivity contribution in [2.24, 2.45) is 10.5 Å². The van der Waals surface area contributed by atoms with Crippen LogP contribution in [0.15, 0.2) is 4.76 Å². The highest BCUT2D eigenvalue weighted by Gasteiger charge is 2.38. The van der Waals surface area contributed by atoms with Gasteiger partial charge >= 0.3 is 13.5 Å². The summed E-state index contributed by atoms with van der Waals surface area (Å²) >= 11 is 0. The lowest BCUT2D eigenvalue weighted by Gasteiger charge is -2.30. The van der Waals surface area contributed by atoms with Gasteiger partial charge in [0, 0.05) is 14.2 Å². The van der Waals surface area contributed by atoms with Crippen LogP contribution in [0.1, 0.15) is 19.3 Å². The standard InChI is InChI=1S/C9H18N3O4P/c1-12(6-8(13)14)9(10)11-17(15,16-2)7-4-3-5-7/h7H,3-6H2,1-2H3,(H,13,14)(H2,10,11,15). The first-order valence-electron chi connectivity index (χ1n) is 5.33. The monoisotopic (exact) mass is 263 g/mol. The molecule has 0 heterocycles. The summed E-state index contributed by atoms with van der Waals surface area (Å²) in [5, 5.41) is 8.60. The van der Waals surface area contributed by atoms with E-state index in [0.29, 0.717) is 0 Å². The molecular weight excluding hydrogens is 245 g/mol. The maximum absolute atomic E-state index is 12.3. The topological polar surface area (TPSA) is 105 Å². The van der Waals surface area contributed by atoms with E-state index in [9.17, 15) is 9.36 Å². The van der Waals surface area contributed by atoms with Gasteiger partial charge in [-0.15, -0.1) is 0 Å². The summed E-state index contributed by atoms with van der Waals surface area (Å²) in [6, 6.07) is 0. The molecule has 0 aliphatic heterocycles. The van der Waals surface area contributed by atoms with E-state index in [1.807, 2.05) is 0 Å². The second-order valence-electron chi connectivity index (χ2n) is 4.04. The fraction of sp³-hybridized carbons (Fsp3) is 0.778. The van der Waals surface area contributed by atoms with Gasteiger partial charge in [-0.3, -0.25) is 9.36 Å². The number of carboxylic acid groups (broad SMARTS) is 1. The number of carbonyl (C=O) groups is 1. The predicted molar refractivity (Wildman–Crippen MR) is 64.1 cm³/mol. The maximum Gasteiger partial charge on any atom is 0.323 e. The minimum absolute atomic E-state index is 0.0653.